The molecule has 5 nitrogen and oxygen atoms in total. The third kappa shape index (κ3) is 3.15. The Bertz CT molecular complexity index is 633. The van der Waals surface area contributed by atoms with E-state index in [-0.39, 0.29) is 24.4 Å². The zero-order chi connectivity index (χ0) is 14.8. The molecule has 1 fully saturated rings. The lowest BCUT2D eigenvalue weighted by atomic mass is 10.1. The lowest BCUT2D eigenvalue weighted by molar-refractivity contribution is 0.0714. The molecular formula is C16H21ClN4O. The van der Waals surface area contributed by atoms with Crippen molar-refractivity contribution in [1.29, 1.82) is 0 Å². The van der Waals surface area contributed by atoms with Gasteiger partial charge in [0.2, 0.25) is 0 Å². The summed E-state index contributed by atoms with van der Waals surface area (Å²) in [4.78, 5) is 14.5. The number of likely N-dealkylation sites (tertiary alicyclic amines) is 1. The van der Waals surface area contributed by atoms with Crippen molar-refractivity contribution in [2.75, 3.05) is 13.1 Å². The van der Waals surface area contributed by atoms with Crippen LogP contribution < -0.4 is 5.73 Å². The van der Waals surface area contributed by atoms with E-state index in [1.165, 1.54) is 0 Å². The van der Waals surface area contributed by atoms with Crippen LogP contribution in [0.2, 0.25) is 0 Å². The summed E-state index contributed by atoms with van der Waals surface area (Å²) in [5.74, 6) is 0.0570. The van der Waals surface area contributed by atoms with Gasteiger partial charge in [-0.25, -0.2) is 4.68 Å². The summed E-state index contributed by atoms with van der Waals surface area (Å²) in [6.07, 6.45) is 3.41. The van der Waals surface area contributed by atoms with Gasteiger partial charge >= 0.3 is 0 Å². The van der Waals surface area contributed by atoms with E-state index in [2.05, 4.69) is 5.10 Å². The molecule has 1 saturated heterocycles. The first-order valence-corrected chi connectivity index (χ1v) is 7.31. The Labute approximate surface area is 136 Å². The predicted molar refractivity (Wildman–Crippen MR) is 88.7 cm³/mol. The summed E-state index contributed by atoms with van der Waals surface area (Å²) in [5.41, 5.74) is 8.41. The van der Waals surface area contributed by atoms with E-state index in [0.717, 1.165) is 37.3 Å². The van der Waals surface area contributed by atoms with Crippen molar-refractivity contribution in [3.63, 3.8) is 0 Å². The number of para-hydroxylation sites is 1. The molecule has 0 bridgehead atoms. The van der Waals surface area contributed by atoms with E-state index in [0.29, 0.717) is 5.56 Å². The smallest absolute Gasteiger partial charge is 0.257 e. The topological polar surface area (TPSA) is 64.2 Å². The minimum absolute atomic E-state index is 0. The monoisotopic (exact) mass is 320 g/mol. The maximum atomic E-state index is 12.6. The molecule has 0 radical (unpaired) electrons. The molecule has 0 saturated carbocycles. The zero-order valence-electron chi connectivity index (χ0n) is 12.6. The van der Waals surface area contributed by atoms with Gasteiger partial charge in [0, 0.05) is 19.1 Å². The van der Waals surface area contributed by atoms with Crippen molar-refractivity contribution in [1.82, 2.24) is 14.7 Å². The fourth-order valence-corrected chi connectivity index (χ4v) is 2.72. The second-order valence-electron chi connectivity index (χ2n) is 5.52. The minimum atomic E-state index is 0. The normalized spacial score (nSPS) is 15.5. The summed E-state index contributed by atoms with van der Waals surface area (Å²) in [6, 6.07) is 10.1. The Morgan fingerprint density at radius 2 is 1.86 bits per heavy atom. The average Bonchev–Trinajstić information content (AvgIpc) is 2.90. The highest BCUT2D eigenvalue weighted by Gasteiger charge is 2.24. The molecule has 118 valence electrons. The lowest BCUT2D eigenvalue weighted by Gasteiger charge is -2.30. The SMILES string of the molecule is Cc1c(C(=O)N2CCC(N)CC2)cnn1-c1ccccc1.Cl. The number of aromatic nitrogens is 2. The van der Waals surface area contributed by atoms with Gasteiger partial charge in [0.05, 0.1) is 23.1 Å². The van der Waals surface area contributed by atoms with Crippen LogP contribution in [0.4, 0.5) is 0 Å². The molecular weight excluding hydrogens is 300 g/mol. The summed E-state index contributed by atoms with van der Waals surface area (Å²) in [6.45, 7) is 3.40. The van der Waals surface area contributed by atoms with E-state index >= 15 is 0 Å². The fourth-order valence-electron chi connectivity index (χ4n) is 2.72. The van der Waals surface area contributed by atoms with Crippen molar-refractivity contribution in [2.24, 2.45) is 5.73 Å². The fraction of sp³-hybridized carbons (Fsp3) is 0.375. The van der Waals surface area contributed by atoms with Gasteiger partial charge in [-0.3, -0.25) is 4.79 Å². The van der Waals surface area contributed by atoms with Gasteiger partial charge < -0.3 is 10.6 Å². The molecule has 3 rings (SSSR count). The quantitative estimate of drug-likeness (QED) is 0.922. The summed E-state index contributed by atoms with van der Waals surface area (Å²) >= 11 is 0. The third-order valence-corrected chi connectivity index (χ3v) is 4.07. The van der Waals surface area contributed by atoms with E-state index in [4.69, 9.17) is 5.73 Å². The molecule has 1 aromatic carbocycles. The largest absolute Gasteiger partial charge is 0.338 e. The number of nitrogens with zero attached hydrogens (tertiary/aromatic N) is 3. The van der Waals surface area contributed by atoms with Crippen LogP contribution in [-0.4, -0.2) is 39.7 Å². The number of benzene rings is 1. The summed E-state index contributed by atoms with van der Waals surface area (Å²) < 4.78 is 1.81. The number of rotatable bonds is 2. The predicted octanol–water partition coefficient (Wildman–Crippen LogP) is 2.17. The molecule has 1 aliphatic heterocycles. The maximum Gasteiger partial charge on any atom is 0.257 e. The highest BCUT2D eigenvalue weighted by Crippen LogP contribution is 2.18. The first kappa shape index (κ1) is 16.5. The number of amides is 1. The molecule has 2 aromatic rings. The molecule has 1 aromatic heterocycles. The Kier molecular flexibility index (Phi) is 5.21. The van der Waals surface area contributed by atoms with Crippen molar-refractivity contribution >= 4 is 18.3 Å². The Balaban J connectivity index is 0.00000176. The van der Waals surface area contributed by atoms with Crippen LogP contribution >= 0.6 is 12.4 Å². The summed E-state index contributed by atoms with van der Waals surface area (Å²) in [7, 11) is 0. The van der Waals surface area contributed by atoms with Gasteiger partial charge in [-0.1, -0.05) is 18.2 Å². The number of nitrogens with two attached hydrogens (primary N) is 1. The number of carbonyl (C=O) groups excluding carboxylic acids is 1. The molecule has 6 heteroatoms. The van der Waals surface area contributed by atoms with Crippen LogP contribution in [0.1, 0.15) is 28.9 Å². The maximum absolute atomic E-state index is 12.6. The van der Waals surface area contributed by atoms with Crippen molar-refractivity contribution in [3.8, 4) is 5.69 Å². The zero-order valence-corrected chi connectivity index (χ0v) is 13.4. The highest BCUT2D eigenvalue weighted by molar-refractivity contribution is 5.95. The Morgan fingerprint density at radius 1 is 1.23 bits per heavy atom. The van der Waals surface area contributed by atoms with E-state index in [1.54, 1.807) is 6.20 Å². The molecule has 0 unspecified atom stereocenters. The number of halogens is 1. The number of carbonyl (C=O) groups is 1. The Morgan fingerprint density at radius 3 is 2.50 bits per heavy atom. The van der Waals surface area contributed by atoms with E-state index in [9.17, 15) is 4.79 Å². The number of piperidine rings is 1. The lowest BCUT2D eigenvalue weighted by Crippen LogP contribution is -2.42. The first-order valence-electron chi connectivity index (χ1n) is 7.31. The van der Waals surface area contributed by atoms with Gasteiger partial charge in [-0.05, 0) is 31.9 Å². The van der Waals surface area contributed by atoms with Crippen LogP contribution in [0.15, 0.2) is 36.5 Å². The number of hydrogen-bond acceptors (Lipinski definition) is 3. The van der Waals surface area contributed by atoms with Gasteiger partial charge in [0.15, 0.2) is 0 Å². The highest BCUT2D eigenvalue weighted by atomic mass is 35.5. The summed E-state index contributed by atoms with van der Waals surface area (Å²) in [5, 5.41) is 4.36. The molecule has 2 heterocycles. The van der Waals surface area contributed by atoms with Gasteiger partial charge in [0.25, 0.3) is 5.91 Å². The van der Waals surface area contributed by atoms with E-state index in [1.807, 2.05) is 46.8 Å². The standard InChI is InChI=1S/C16H20N4O.ClH/c1-12-15(16(21)19-9-7-13(17)8-10-19)11-18-20(12)14-5-3-2-4-6-14;/h2-6,11,13H,7-10,17H2,1H3;1H. The molecule has 2 N–H and O–H groups in total. The first-order chi connectivity index (χ1) is 10.2. The van der Waals surface area contributed by atoms with Crippen LogP contribution in [0, 0.1) is 6.92 Å². The van der Waals surface area contributed by atoms with Crippen molar-refractivity contribution in [3.05, 3.63) is 47.8 Å². The van der Waals surface area contributed by atoms with Crippen LogP contribution in [-0.2, 0) is 0 Å². The number of hydrogen-bond donors (Lipinski definition) is 1. The van der Waals surface area contributed by atoms with E-state index < -0.39 is 0 Å². The van der Waals surface area contributed by atoms with Gasteiger partial charge in [0.1, 0.15) is 0 Å². The molecule has 0 aliphatic carbocycles. The second kappa shape index (κ2) is 6.94. The average molecular weight is 321 g/mol. The van der Waals surface area contributed by atoms with Gasteiger partial charge in [-0.15, -0.1) is 12.4 Å². The van der Waals surface area contributed by atoms with Crippen LogP contribution in [0.25, 0.3) is 5.69 Å². The van der Waals surface area contributed by atoms with Crippen molar-refractivity contribution in [2.45, 2.75) is 25.8 Å². The molecule has 0 atom stereocenters. The van der Waals surface area contributed by atoms with Crippen LogP contribution in [0.3, 0.4) is 0 Å². The molecule has 1 aliphatic rings. The molecule has 0 spiro atoms. The van der Waals surface area contributed by atoms with Crippen molar-refractivity contribution < 1.29 is 4.79 Å². The second-order valence-corrected chi connectivity index (χ2v) is 5.52. The Hall–Kier alpha value is -1.85. The molecule has 1 amide bonds. The van der Waals surface area contributed by atoms with Crippen LogP contribution in [0.5, 0.6) is 0 Å². The third-order valence-electron chi connectivity index (χ3n) is 4.07. The minimum Gasteiger partial charge on any atom is -0.338 e. The van der Waals surface area contributed by atoms with Gasteiger partial charge in [-0.2, -0.15) is 5.10 Å². The molecule has 22 heavy (non-hydrogen) atoms.